The van der Waals surface area contributed by atoms with Crippen molar-refractivity contribution in [3.8, 4) is 5.75 Å². The van der Waals surface area contributed by atoms with Crippen molar-refractivity contribution in [3.05, 3.63) is 24.3 Å². The Balaban J connectivity index is 1.44. The third kappa shape index (κ3) is 4.20. The lowest BCUT2D eigenvalue weighted by Gasteiger charge is -2.38. The highest BCUT2D eigenvalue weighted by Crippen LogP contribution is 2.25. The van der Waals surface area contributed by atoms with Crippen molar-refractivity contribution in [2.45, 2.75) is 12.2 Å². The number of esters is 1. The van der Waals surface area contributed by atoms with E-state index >= 15 is 0 Å². The molecule has 2 atom stereocenters. The average molecular weight is 444 g/mol. The number of carbonyl (C=O) groups excluding carboxylic acids is 3. The summed E-state index contributed by atoms with van der Waals surface area (Å²) >= 11 is 0. The number of benzene rings is 1. The van der Waals surface area contributed by atoms with Gasteiger partial charge in [-0.25, -0.2) is 9.79 Å². The van der Waals surface area contributed by atoms with Gasteiger partial charge in [0, 0.05) is 38.9 Å². The van der Waals surface area contributed by atoms with Crippen LogP contribution in [-0.4, -0.2) is 111 Å². The first-order valence-corrected chi connectivity index (χ1v) is 10.5. The number of carbonyl (C=O) groups is 3. The zero-order valence-electron chi connectivity index (χ0n) is 18.5. The van der Waals surface area contributed by atoms with Crippen LogP contribution in [0.25, 0.3) is 0 Å². The van der Waals surface area contributed by atoms with Crippen molar-refractivity contribution >= 4 is 29.4 Å². The Bertz CT molecular complexity index is 912. The normalized spacial score (nSPS) is 23.6. The number of rotatable bonds is 6. The molecule has 4 rings (SSSR count). The molecule has 1 N–H and O–H groups in total. The highest BCUT2D eigenvalue weighted by Gasteiger charge is 2.49. The smallest absolute Gasteiger partial charge is 0.325 e. The number of nitrogens with one attached hydrogen (secondary N) is 1. The maximum Gasteiger partial charge on any atom is 0.325 e. The van der Waals surface area contributed by atoms with Crippen LogP contribution in [0.15, 0.2) is 29.3 Å². The molecular weight excluding hydrogens is 416 g/mol. The van der Waals surface area contributed by atoms with Gasteiger partial charge in [0.2, 0.25) is 0 Å². The summed E-state index contributed by atoms with van der Waals surface area (Å²) in [5.74, 6) is 0.520. The Morgan fingerprint density at radius 1 is 1.12 bits per heavy atom. The summed E-state index contributed by atoms with van der Waals surface area (Å²) in [5.41, 5.74) is 1.14. The van der Waals surface area contributed by atoms with Crippen LogP contribution < -0.4 is 15.0 Å². The fraction of sp³-hybridized carbons (Fsp3) is 0.524. The van der Waals surface area contributed by atoms with E-state index in [2.05, 4.69) is 20.1 Å². The molecule has 3 aliphatic heterocycles. The topological polar surface area (TPSA) is 107 Å². The molecular formula is C21H28N6O5. The van der Waals surface area contributed by atoms with Crippen molar-refractivity contribution in [1.82, 2.24) is 20.0 Å². The second-order valence-corrected chi connectivity index (χ2v) is 7.97. The van der Waals surface area contributed by atoms with E-state index in [-0.39, 0.29) is 6.54 Å². The summed E-state index contributed by atoms with van der Waals surface area (Å²) in [6.07, 6.45) is -0.656. The standard InChI is InChI=1S/C21H28N6O5/c1-24-19-18(20(29)23-21(24)30)27(13-17(28)32-3)16(22-19)12-25-8-10-26(11-9-25)14-4-6-15(31-2)7-5-14/h4-7,18-19H,8-13H2,1-3H3,(H,23,29,30). The molecule has 0 spiro atoms. The zero-order valence-corrected chi connectivity index (χ0v) is 18.5. The lowest BCUT2D eigenvalue weighted by molar-refractivity contribution is -0.142. The van der Waals surface area contributed by atoms with Gasteiger partial charge in [0.15, 0.2) is 12.2 Å². The maximum absolute atomic E-state index is 12.5. The van der Waals surface area contributed by atoms with E-state index in [1.165, 1.54) is 12.0 Å². The minimum atomic E-state index is -0.743. The lowest BCUT2D eigenvalue weighted by Crippen LogP contribution is -2.64. The molecule has 32 heavy (non-hydrogen) atoms. The number of urea groups is 1. The number of ether oxygens (including phenoxy) is 2. The van der Waals surface area contributed by atoms with Crippen molar-refractivity contribution < 1.29 is 23.9 Å². The lowest BCUT2D eigenvalue weighted by atomic mass is 10.1. The number of likely N-dealkylation sites (N-methyl/N-ethyl adjacent to an activating group) is 1. The van der Waals surface area contributed by atoms with Gasteiger partial charge in [0.05, 0.1) is 20.8 Å². The summed E-state index contributed by atoms with van der Waals surface area (Å²) in [6, 6.07) is 6.75. The van der Waals surface area contributed by atoms with Crippen molar-refractivity contribution in [2.75, 3.05) is 65.4 Å². The fourth-order valence-corrected chi connectivity index (χ4v) is 4.26. The molecule has 0 radical (unpaired) electrons. The monoisotopic (exact) mass is 444 g/mol. The highest BCUT2D eigenvalue weighted by molar-refractivity contribution is 6.05. The van der Waals surface area contributed by atoms with Gasteiger partial charge in [-0.05, 0) is 24.3 Å². The molecule has 172 valence electrons. The van der Waals surface area contributed by atoms with E-state index in [1.807, 2.05) is 24.3 Å². The molecule has 0 aliphatic carbocycles. The summed E-state index contributed by atoms with van der Waals surface area (Å²) in [6.45, 7) is 3.65. The van der Waals surface area contributed by atoms with Gasteiger partial charge < -0.3 is 24.2 Å². The molecule has 3 aliphatic rings. The van der Waals surface area contributed by atoms with Gasteiger partial charge >= 0.3 is 12.0 Å². The number of anilines is 1. The number of fused-ring (bicyclic) bond motifs is 1. The van der Waals surface area contributed by atoms with E-state index in [4.69, 9.17) is 9.47 Å². The SMILES string of the molecule is COC(=O)CN1C(CN2CCN(c3ccc(OC)cc3)CC2)=NC2C1C(=O)NC(=O)N2C. The molecule has 1 aromatic carbocycles. The van der Waals surface area contributed by atoms with Crippen LogP contribution in [0.3, 0.4) is 0 Å². The Hall–Kier alpha value is -3.34. The quantitative estimate of drug-likeness (QED) is 0.590. The first-order chi connectivity index (χ1) is 15.4. The number of imide groups is 1. The van der Waals surface area contributed by atoms with Crippen LogP contribution in [0.2, 0.25) is 0 Å². The van der Waals surface area contributed by atoms with Crippen LogP contribution in [0.1, 0.15) is 0 Å². The molecule has 11 heteroatoms. The number of hydrogen-bond acceptors (Lipinski definition) is 9. The van der Waals surface area contributed by atoms with E-state index in [9.17, 15) is 14.4 Å². The number of amidine groups is 1. The van der Waals surface area contributed by atoms with Crippen LogP contribution in [0, 0.1) is 0 Å². The molecule has 0 aromatic heterocycles. The summed E-state index contributed by atoms with van der Waals surface area (Å²) in [5, 5.41) is 2.33. The molecule has 0 bridgehead atoms. The van der Waals surface area contributed by atoms with Gasteiger partial charge in [-0.3, -0.25) is 19.8 Å². The van der Waals surface area contributed by atoms with Crippen LogP contribution >= 0.6 is 0 Å². The van der Waals surface area contributed by atoms with Gasteiger partial charge in [-0.15, -0.1) is 0 Å². The molecule has 2 fully saturated rings. The summed E-state index contributed by atoms with van der Waals surface area (Å²) in [4.78, 5) is 48.8. The fourth-order valence-electron chi connectivity index (χ4n) is 4.26. The van der Waals surface area contributed by atoms with E-state index in [0.29, 0.717) is 12.4 Å². The van der Waals surface area contributed by atoms with Gasteiger partial charge in [0.1, 0.15) is 18.1 Å². The molecule has 3 heterocycles. The van der Waals surface area contributed by atoms with Crippen LogP contribution in [0.5, 0.6) is 5.75 Å². The summed E-state index contributed by atoms with van der Waals surface area (Å²) in [7, 11) is 4.55. The highest BCUT2D eigenvalue weighted by atomic mass is 16.5. The van der Waals surface area contributed by atoms with Crippen molar-refractivity contribution in [3.63, 3.8) is 0 Å². The van der Waals surface area contributed by atoms with Crippen LogP contribution in [0.4, 0.5) is 10.5 Å². The number of nitrogens with zero attached hydrogens (tertiary/aromatic N) is 5. The Kier molecular flexibility index (Phi) is 6.17. The Labute approximate surface area is 186 Å². The summed E-state index contributed by atoms with van der Waals surface area (Å²) < 4.78 is 10.0. The molecule has 2 saturated heterocycles. The minimum absolute atomic E-state index is 0.0994. The van der Waals surface area contributed by atoms with Gasteiger partial charge in [-0.2, -0.15) is 0 Å². The average Bonchev–Trinajstić information content (AvgIpc) is 3.16. The number of aliphatic imine (C=N–C) groups is 1. The van der Waals surface area contributed by atoms with Gasteiger partial charge in [-0.1, -0.05) is 0 Å². The molecule has 2 unspecified atom stereocenters. The number of piperazine rings is 1. The zero-order chi connectivity index (χ0) is 22.8. The largest absolute Gasteiger partial charge is 0.497 e. The number of hydrogen-bond donors (Lipinski definition) is 1. The second kappa shape index (κ2) is 9.03. The molecule has 3 amide bonds. The first kappa shape index (κ1) is 21.9. The van der Waals surface area contributed by atoms with E-state index in [1.54, 1.807) is 19.1 Å². The molecule has 11 nitrogen and oxygen atoms in total. The first-order valence-electron chi connectivity index (χ1n) is 10.5. The molecule has 1 aromatic rings. The van der Waals surface area contributed by atoms with E-state index in [0.717, 1.165) is 37.6 Å². The minimum Gasteiger partial charge on any atom is -0.497 e. The molecule has 0 saturated carbocycles. The third-order valence-electron chi connectivity index (χ3n) is 6.15. The van der Waals surface area contributed by atoms with Crippen molar-refractivity contribution in [2.24, 2.45) is 4.99 Å². The van der Waals surface area contributed by atoms with Crippen molar-refractivity contribution in [1.29, 1.82) is 0 Å². The predicted molar refractivity (Wildman–Crippen MR) is 117 cm³/mol. The number of amides is 3. The second-order valence-electron chi connectivity index (χ2n) is 7.97. The Morgan fingerprint density at radius 2 is 1.81 bits per heavy atom. The predicted octanol–water partition coefficient (Wildman–Crippen LogP) is -0.419. The third-order valence-corrected chi connectivity index (χ3v) is 6.15. The van der Waals surface area contributed by atoms with E-state index < -0.39 is 30.1 Å². The number of methoxy groups -OCH3 is 2. The van der Waals surface area contributed by atoms with Gasteiger partial charge in [0.25, 0.3) is 5.91 Å². The Morgan fingerprint density at radius 3 is 2.44 bits per heavy atom. The maximum atomic E-state index is 12.5. The van der Waals surface area contributed by atoms with Crippen LogP contribution in [-0.2, 0) is 14.3 Å².